The molecule has 11 heavy (non-hydrogen) atoms. The summed E-state index contributed by atoms with van der Waals surface area (Å²) >= 11 is 0. The van der Waals surface area contributed by atoms with E-state index >= 15 is 0 Å². The van der Waals surface area contributed by atoms with Crippen LogP contribution in [0.1, 0.15) is 33.6 Å². The van der Waals surface area contributed by atoms with Crippen molar-refractivity contribution in [3.05, 3.63) is 11.9 Å². The molecule has 1 aliphatic rings. The zero-order valence-electron chi connectivity index (χ0n) is 7.60. The Bertz CT molecular complexity index is 158. The van der Waals surface area contributed by atoms with Crippen LogP contribution in [0.15, 0.2) is 11.9 Å². The van der Waals surface area contributed by atoms with Crippen LogP contribution in [-0.4, -0.2) is 0 Å². The second-order valence-corrected chi connectivity index (χ2v) is 3.86. The van der Waals surface area contributed by atoms with Crippen molar-refractivity contribution in [1.82, 2.24) is 0 Å². The van der Waals surface area contributed by atoms with Crippen LogP contribution in [0.3, 0.4) is 0 Å². The second kappa shape index (κ2) is 3.38. The molecule has 0 heterocycles. The lowest BCUT2D eigenvalue weighted by Gasteiger charge is -2.29. The first-order chi connectivity index (χ1) is 5.13. The van der Waals surface area contributed by atoms with E-state index in [1.54, 1.807) is 6.08 Å². The highest BCUT2D eigenvalue weighted by molar-refractivity contribution is 5.03. The Morgan fingerprint density at radius 3 is 2.64 bits per heavy atom. The van der Waals surface area contributed by atoms with Gasteiger partial charge in [0.1, 0.15) is 0 Å². The Morgan fingerprint density at radius 2 is 2.18 bits per heavy atom. The molecule has 0 nitrogen and oxygen atoms in total. The SMILES string of the molecule is CC(C)C1CCC=C(F)C1C. The number of hydrogen-bond donors (Lipinski definition) is 0. The fraction of sp³-hybridized carbons (Fsp3) is 0.800. The Labute approximate surface area is 68.5 Å². The predicted octanol–water partition coefficient (Wildman–Crippen LogP) is 3.54. The molecule has 0 saturated carbocycles. The molecule has 0 N–H and O–H groups in total. The molecule has 0 fully saturated rings. The Hall–Kier alpha value is -0.330. The number of halogens is 1. The van der Waals surface area contributed by atoms with Crippen molar-refractivity contribution in [3.8, 4) is 0 Å². The highest BCUT2D eigenvalue weighted by Crippen LogP contribution is 2.35. The quantitative estimate of drug-likeness (QED) is 0.544. The molecule has 0 aromatic rings. The molecule has 2 unspecified atom stereocenters. The average Bonchev–Trinajstić information content (AvgIpc) is 1.94. The molecule has 0 aliphatic heterocycles. The van der Waals surface area contributed by atoms with E-state index in [2.05, 4.69) is 13.8 Å². The van der Waals surface area contributed by atoms with Gasteiger partial charge in [-0.2, -0.15) is 0 Å². The van der Waals surface area contributed by atoms with E-state index in [0.29, 0.717) is 11.8 Å². The molecule has 0 bridgehead atoms. The van der Waals surface area contributed by atoms with Gasteiger partial charge in [0.15, 0.2) is 0 Å². The largest absolute Gasteiger partial charge is 0.212 e. The third kappa shape index (κ3) is 1.82. The molecule has 0 saturated heterocycles. The first-order valence-electron chi connectivity index (χ1n) is 4.48. The van der Waals surface area contributed by atoms with Crippen LogP contribution in [0, 0.1) is 17.8 Å². The number of allylic oxidation sites excluding steroid dienone is 2. The lowest BCUT2D eigenvalue weighted by atomic mass is 9.77. The first-order valence-corrected chi connectivity index (χ1v) is 4.48. The van der Waals surface area contributed by atoms with Gasteiger partial charge in [-0.1, -0.05) is 26.8 Å². The van der Waals surface area contributed by atoms with Gasteiger partial charge in [-0.3, -0.25) is 0 Å². The summed E-state index contributed by atoms with van der Waals surface area (Å²) in [5.41, 5.74) is 0. The van der Waals surface area contributed by atoms with Gasteiger partial charge in [-0.05, 0) is 24.7 Å². The van der Waals surface area contributed by atoms with Crippen LogP contribution in [0.25, 0.3) is 0 Å². The summed E-state index contributed by atoms with van der Waals surface area (Å²) in [4.78, 5) is 0. The summed E-state index contributed by atoms with van der Waals surface area (Å²) in [6.45, 7) is 6.36. The molecule has 2 atom stereocenters. The first kappa shape index (κ1) is 8.76. The third-order valence-electron chi connectivity index (χ3n) is 2.77. The fourth-order valence-electron chi connectivity index (χ4n) is 1.96. The summed E-state index contributed by atoms with van der Waals surface area (Å²) in [6, 6.07) is 0. The fourth-order valence-corrected chi connectivity index (χ4v) is 1.96. The molecular weight excluding hydrogens is 139 g/mol. The van der Waals surface area contributed by atoms with Crippen molar-refractivity contribution in [2.75, 3.05) is 0 Å². The minimum Gasteiger partial charge on any atom is -0.212 e. The van der Waals surface area contributed by atoms with Crippen molar-refractivity contribution in [2.45, 2.75) is 33.6 Å². The molecule has 0 amide bonds. The summed E-state index contributed by atoms with van der Waals surface area (Å²) < 4.78 is 13.0. The van der Waals surface area contributed by atoms with Crippen molar-refractivity contribution in [3.63, 3.8) is 0 Å². The second-order valence-electron chi connectivity index (χ2n) is 3.86. The van der Waals surface area contributed by atoms with Crippen molar-refractivity contribution in [1.29, 1.82) is 0 Å². The molecule has 1 heteroatoms. The zero-order valence-corrected chi connectivity index (χ0v) is 7.60. The van der Waals surface area contributed by atoms with Gasteiger partial charge in [0.05, 0.1) is 5.83 Å². The predicted molar refractivity (Wildman–Crippen MR) is 45.9 cm³/mol. The molecule has 0 spiro atoms. The molecule has 1 rings (SSSR count). The van der Waals surface area contributed by atoms with Crippen LogP contribution < -0.4 is 0 Å². The molecule has 0 radical (unpaired) electrons. The van der Waals surface area contributed by atoms with Gasteiger partial charge < -0.3 is 0 Å². The minimum absolute atomic E-state index is 0.106. The summed E-state index contributed by atoms with van der Waals surface area (Å²) in [5, 5.41) is 0. The number of rotatable bonds is 1. The summed E-state index contributed by atoms with van der Waals surface area (Å²) in [6.07, 6.45) is 3.83. The smallest absolute Gasteiger partial charge is 0.0990 e. The van der Waals surface area contributed by atoms with E-state index in [1.807, 2.05) is 6.92 Å². The maximum Gasteiger partial charge on any atom is 0.0990 e. The van der Waals surface area contributed by atoms with Crippen LogP contribution in [0.4, 0.5) is 4.39 Å². The maximum atomic E-state index is 13.0. The van der Waals surface area contributed by atoms with E-state index in [4.69, 9.17) is 0 Å². The van der Waals surface area contributed by atoms with E-state index < -0.39 is 0 Å². The molecule has 0 aromatic carbocycles. The summed E-state index contributed by atoms with van der Waals surface area (Å²) in [7, 11) is 0. The van der Waals surface area contributed by atoms with Gasteiger partial charge >= 0.3 is 0 Å². The molecule has 0 aromatic heterocycles. The molecular formula is C10H17F. The Balaban J connectivity index is 2.64. The van der Waals surface area contributed by atoms with E-state index in [-0.39, 0.29) is 11.7 Å². The summed E-state index contributed by atoms with van der Waals surface area (Å²) in [5.74, 6) is 1.43. The van der Waals surface area contributed by atoms with Crippen LogP contribution >= 0.6 is 0 Å². The van der Waals surface area contributed by atoms with Gasteiger partial charge in [0, 0.05) is 5.92 Å². The van der Waals surface area contributed by atoms with Crippen LogP contribution in [0.5, 0.6) is 0 Å². The van der Waals surface area contributed by atoms with Gasteiger partial charge in [0.25, 0.3) is 0 Å². The van der Waals surface area contributed by atoms with Crippen LogP contribution in [-0.2, 0) is 0 Å². The van der Waals surface area contributed by atoms with E-state index in [0.717, 1.165) is 12.8 Å². The topological polar surface area (TPSA) is 0 Å². The average molecular weight is 156 g/mol. The van der Waals surface area contributed by atoms with E-state index in [1.165, 1.54) is 0 Å². The monoisotopic (exact) mass is 156 g/mol. The van der Waals surface area contributed by atoms with Gasteiger partial charge in [0.2, 0.25) is 0 Å². The van der Waals surface area contributed by atoms with Crippen molar-refractivity contribution in [2.24, 2.45) is 17.8 Å². The lowest BCUT2D eigenvalue weighted by Crippen LogP contribution is -2.21. The van der Waals surface area contributed by atoms with Crippen molar-refractivity contribution < 1.29 is 4.39 Å². The Kier molecular flexibility index (Phi) is 2.69. The normalized spacial score (nSPS) is 32.3. The molecule has 1 aliphatic carbocycles. The number of hydrogen-bond acceptors (Lipinski definition) is 0. The third-order valence-corrected chi connectivity index (χ3v) is 2.77. The van der Waals surface area contributed by atoms with Crippen LogP contribution in [0.2, 0.25) is 0 Å². The lowest BCUT2D eigenvalue weighted by molar-refractivity contribution is 0.239. The molecule has 64 valence electrons. The maximum absolute atomic E-state index is 13.0. The zero-order chi connectivity index (χ0) is 8.43. The highest BCUT2D eigenvalue weighted by Gasteiger charge is 2.26. The highest BCUT2D eigenvalue weighted by atomic mass is 19.1. The Morgan fingerprint density at radius 1 is 1.55 bits per heavy atom. The minimum atomic E-state index is 0.106. The standard InChI is InChI=1S/C10H17F/c1-7(2)9-5-4-6-10(11)8(9)3/h6-9H,4-5H2,1-3H3. The van der Waals surface area contributed by atoms with Crippen molar-refractivity contribution >= 4 is 0 Å². The van der Waals surface area contributed by atoms with Gasteiger partial charge in [-0.25, -0.2) is 4.39 Å². The van der Waals surface area contributed by atoms with Gasteiger partial charge in [-0.15, -0.1) is 0 Å². The van der Waals surface area contributed by atoms with E-state index in [9.17, 15) is 4.39 Å².